The summed E-state index contributed by atoms with van der Waals surface area (Å²) < 4.78 is 54.1. The zero-order valence-corrected chi connectivity index (χ0v) is 19.9. The molecule has 3 rings (SSSR count). The van der Waals surface area contributed by atoms with E-state index in [4.69, 9.17) is 9.47 Å². The van der Waals surface area contributed by atoms with Gasteiger partial charge in [-0.25, -0.2) is 4.79 Å². The molecule has 0 aliphatic carbocycles. The summed E-state index contributed by atoms with van der Waals surface area (Å²) in [6.07, 6.45) is -4.63. The minimum Gasteiger partial charge on any atom is -0.492 e. The van der Waals surface area contributed by atoms with Gasteiger partial charge in [0, 0.05) is 29.3 Å². The predicted octanol–water partition coefficient (Wildman–Crippen LogP) is 7.03. The van der Waals surface area contributed by atoms with Gasteiger partial charge in [-0.15, -0.1) is 0 Å². The van der Waals surface area contributed by atoms with E-state index in [0.717, 1.165) is 35.6 Å². The van der Waals surface area contributed by atoms with Crippen molar-refractivity contribution in [3.63, 3.8) is 0 Å². The van der Waals surface area contributed by atoms with Crippen LogP contribution in [0.3, 0.4) is 0 Å². The molecule has 0 spiro atoms. The molecule has 182 valence electrons. The number of hydrogen-bond acceptors (Lipinski definition) is 3. The predicted molar refractivity (Wildman–Crippen MR) is 128 cm³/mol. The van der Waals surface area contributed by atoms with Crippen LogP contribution in [0.25, 0.3) is 22.2 Å². The number of aromatic nitrogens is 1. The topological polar surface area (TPSA) is 40.5 Å². The van der Waals surface area contributed by atoms with Crippen molar-refractivity contribution in [3.05, 3.63) is 66.7 Å². The Balaban J connectivity index is 1.91. The highest BCUT2D eigenvalue weighted by atomic mass is 19.4. The highest BCUT2D eigenvalue weighted by molar-refractivity contribution is 5.88. The Morgan fingerprint density at radius 2 is 1.74 bits per heavy atom. The first kappa shape index (κ1) is 25.4. The van der Waals surface area contributed by atoms with Gasteiger partial charge in [0.1, 0.15) is 24.4 Å². The number of carbonyl (C=O) groups is 1. The van der Waals surface area contributed by atoms with Gasteiger partial charge in [0.2, 0.25) is 0 Å². The third kappa shape index (κ3) is 5.64. The van der Waals surface area contributed by atoms with Gasteiger partial charge in [-0.05, 0) is 43.5 Å². The van der Waals surface area contributed by atoms with E-state index < -0.39 is 30.8 Å². The summed E-state index contributed by atoms with van der Waals surface area (Å²) >= 11 is 0. The van der Waals surface area contributed by atoms with Crippen LogP contribution in [-0.2, 0) is 16.1 Å². The third-order valence-electron chi connectivity index (χ3n) is 5.61. The van der Waals surface area contributed by atoms with Crippen molar-refractivity contribution in [1.82, 2.24) is 4.57 Å². The lowest BCUT2D eigenvalue weighted by Crippen LogP contribution is -2.44. The van der Waals surface area contributed by atoms with Crippen LogP contribution in [0.1, 0.15) is 27.7 Å². The van der Waals surface area contributed by atoms with E-state index in [2.05, 4.69) is 31.1 Å². The standard InChI is InChI=1S/C27H30F3NO3/c1-18(2)15-31-23(20-9-7-6-8-10-20)13-21-11-12-22(14-24(21)31)33-16-26(5,27(28,29)30)17-34-25(32)19(3)4/h6-14,18H,3,15-17H2,1-2,4-5H3. The number of benzene rings is 2. The summed E-state index contributed by atoms with van der Waals surface area (Å²) in [5.74, 6) is -0.187. The van der Waals surface area contributed by atoms with Crippen LogP contribution in [-0.4, -0.2) is 29.9 Å². The van der Waals surface area contributed by atoms with Crippen molar-refractivity contribution >= 4 is 16.9 Å². The van der Waals surface area contributed by atoms with Gasteiger partial charge in [0.25, 0.3) is 0 Å². The molecule has 1 heterocycles. The minimum atomic E-state index is -4.63. The number of halogens is 3. The number of alkyl halides is 3. The van der Waals surface area contributed by atoms with Gasteiger partial charge >= 0.3 is 12.1 Å². The summed E-state index contributed by atoms with van der Waals surface area (Å²) in [6, 6.07) is 17.3. The van der Waals surface area contributed by atoms with E-state index in [1.54, 1.807) is 12.1 Å². The van der Waals surface area contributed by atoms with Crippen molar-refractivity contribution in [2.75, 3.05) is 13.2 Å². The van der Waals surface area contributed by atoms with E-state index in [9.17, 15) is 18.0 Å². The molecule has 1 aromatic heterocycles. The Bertz CT molecular complexity index is 1170. The Morgan fingerprint density at radius 3 is 2.32 bits per heavy atom. The van der Waals surface area contributed by atoms with Crippen LogP contribution < -0.4 is 4.74 Å². The average molecular weight is 474 g/mol. The Labute approximate surface area is 198 Å². The Kier molecular flexibility index (Phi) is 7.44. The number of fused-ring (bicyclic) bond motifs is 1. The van der Waals surface area contributed by atoms with Crippen LogP contribution >= 0.6 is 0 Å². The van der Waals surface area contributed by atoms with Crippen LogP contribution in [0.15, 0.2) is 66.7 Å². The molecular formula is C27H30F3NO3. The van der Waals surface area contributed by atoms with Crippen molar-refractivity contribution in [1.29, 1.82) is 0 Å². The zero-order chi connectivity index (χ0) is 25.1. The van der Waals surface area contributed by atoms with Gasteiger partial charge in [0.15, 0.2) is 0 Å². The van der Waals surface area contributed by atoms with Crippen molar-refractivity contribution in [2.24, 2.45) is 11.3 Å². The number of ether oxygens (including phenoxy) is 2. The monoisotopic (exact) mass is 473 g/mol. The molecule has 7 heteroatoms. The molecular weight excluding hydrogens is 443 g/mol. The molecule has 4 nitrogen and oxygen atoms in total. The lowest BCUT2D eigenvalue weighted by Gasteiger charge is -2.31. The normalized spacial score (nSPS) is 13.6. The average Bonchev–Trinajstić information content (AvgIpc) is 3.12. The lowest BCUT2D eigenvalue weighted by molar-refractivity contribution is -0.240. The van der Waals surface area contributed by atoms with E-state index >= 15 is 0 Å². The van der Waals surface area contributed by atoms with Crippen LogP contribution in [0.4, 0.5) is 13.2 Å². The van der Waals surface area contributed by atoms with E-state index in [1.807, 2.05) is 36.4 Å². The maximum absolute atomic E-state index is 13.8. The summed E-state index contributed by atoms with van der Waals surface area (Å²) in [7, 11) is 0. The molecule has 0 N–H and O–H groups in total. The second-order valence-electron chi connectivity index (χ2n) is 9.32. The highest BCUT2D eigenvalue weighted by Gasteiger charge is 2.53. The van der Waals surface area contributed by atoms with Crippen LogP contribution in [0, 0.1) is 11.3 Å². The fourth-order valence-corrected chi connectivity index (χ4v) is 3.53. The summed E-state index contributed by atoms with van der Waals surface area (Å²) in [5.41, 5.74) is 0.643. The Hall–Kier alpha value is -3.22. The number of esters is 1. The number of rotatable bonds is 9. The largest absolute Gasteiger partial charge is 0.492 e. The first-order chi connectivity index (χ1) is 15.9. The molecule has 0 saturated heterocycles. The molecule has 1 atom stereocenters. The highest BCUT2D eigenvalue weighted by Crippen LogP contribution is 2.39. The van der Waals surface area contributed by atoms with Gasteiger partial charge < -0.3 is 14.0 Å². The first-order valence-corrected chi connectivity index (χ1v) is 11.1. The maximum atomic E-state index is 13.8. The zero-order valence-electron chi connectivity index (χ0n) is 19.9. The second kappa shape index (κ2) is 9.95. The first-order valence-electron chi connectivity index (χ1n) is 11.1. The third-order valence-corrected chi connectivity index (χ3v) is 5.61. The molecule has 34 heavy (non-hydrogen) atoms. The maximum Gasteiger partial charge on any atom is 0.400 e. The molecule has 0 saturated carbocycles. The second-order valence-corrected chi connectivity index (χ2v) is 9.32. The van der Waals surface area contributed by atoms with Gasteiger partial charge in [0.05, 0.1) is 5.52 Å². The fourth-order valence-electron chi connectivity index (χ4n) is 3.53. The molecule has 0 aliphatic rings. The molecule has 0 fully saturated rings. The molecule has 0 bridgehead atoms. The quantitative estimate of drug-likeness (QED) is 0.247. The summed E-state index contributed by atoms with van der Waals surface area (Å²) in [5, 5.41) is 0.973. The fraction of sp³-hybridized carbons (Fsp3) is 0.370. The van der Waals surface area contributed by atoms with E-state index in [-0.39, 0.29) is 5.57 Å². The van der Waals surface area contributed by atoms with Gasteiger partial charge in [-0.1, -0.05) is 50.8 Å². The summed E-state index contributed by atoms with van der Waals surface area (Å²) in [6.45, 7) is 9.19. The minimum absolute atomic E-state index is 0.0380. The molecule has 0 radical (unpaired) electrons. The smallest absolute Gasteiger partial charge is 0.400 e. The Morgan fingerprint density at radius 1 is 1.06 bits per heavy atom. The van der Waals surface area contributed by atoms with Crippen molar-refractivity contribution in [2.45, 2.75) is 40.4 Å². The van der Waals surface area contributed by atoms with Gasteiger partial charge in [-0.2, -0.15) is 13.2 Å². The lowest BCUT2D eigenvalue weighted by atomic mass is 9.92. The molecule has 3 aromatic rings. The number of hydrogen-bond donors (Lipinski definition) is 0. The van der Waals surface area contributed by atoms with Crippen LogP contribution in [0.2, 0.25) is 0 Å². The number of nitrogens with zero attached hydrogens (tertiary/aromatic N) is 1. The molecule has 0 aliphatic heterocycles. The van der Waals surface area contributed by atoms with Gasteiger partial charge in [-0.3, -0.25) is 0 Å². The number of carbonyl (C=O) groups excluding carboxylic acids is 1. The molecule has 2 aromatic carbocycles. The van der Waals surface area contributed by atoms with Crippen LogP contribution in [0.5, 0.6) is 5.75 Å². The summed E-state index contributed by atoms with van der Waals surface area (Å²) in [4.78, 5) is 11.6. The van der Waals surface area contributed by atoms with Crippen molar-refractivity contribution < 1.29 is 27.4 Å². The van der Waals surface area contributed by atoms with Crippen molar-refractivity contribution in [3.8, 4) is 17.0 Å². The SMILES string of the molecule is C=C(C)C(=O)OCC(C)(COc1ccc2cc(-c3ccccc3)n(CC(C)C)c2c1)C(F)(F)F. The van der Waals surface area contributed by atoms with E-state index in [0.29, 0.717) is 11.7 Å². The molecule has 0 amide bonds. The molecule has 1 unspecified atom stereocenters. The van der Waals surface area contributed by atoms with E-state index in [1.165, 1.54) is 6.92 Å².